The first-order chi connectivity index (χ1) is 20.6. The third-order valence-corrected chi connectivity index (χ3v) is 8.76. The minimum absolute atomic E-state index is 0.0364. The molecule has 3 fully saturated rings. The molecule has 0 aromatic heterocycles. The zero-order valence-electron chi connectivity index (χ0n) is 23.6. The van der Waals surface area contributed by atoms with Gasteiger partial charge in [-0.1, -0.05) is 91.0 Å². The van der Waals surface area contributed by atoms with Gasteiger partial charge in [-0.2, -0.15) is 0 Å². The fourth-order valence-electron chi connectivity index (χ4n) is 6.52. The topological polar surface area (TPSA) is 70.1 Å². The van der Waals surface area contributed by atoms with E-state index in [0.717, 1.165) is 73.2 Å². The van der Waals surface area contributed by atoms with Gasteiger partial charge in [0.25, 0.3) is 0 Å². The van der Waals surface area contributed by atoms with Crippen molar-refractivity contribution in [2.75, 3.05) is 26.2 Å². The lowest BCUT2D eigenvalue weighted by Crippen LogP contribution is -2.59. The summed E-state index contributed by atoms with van der Waals surface area (Å²) in [5, 5.41) is 10.6. The number of ether oxygens (including phenoxy) is 1. The molecule has 0 radical (unpaired) electrons. The van der Waals surface area contributed by atoms with Crippen molar-refractivity contribution in [3.05, 3.63) is 125 Å². The van der Waals surface area contributed by atoms with Crippen molar-refractivity contribution in [2.45, 2.75) is 31.3 Å². The van der Waals surface area contributed by atoms with Crippen LogP contribution < -0.4 is 4.74 Å². The summed E-state index contributed by atoms with van der Waals surface area (Å²) in [6.07, 6.45) is 2.82. The summed E-state index contributed by atoms with van der Waals surface area (Å²) >= 11 is 0. The fraction of sp³-hybridized carbons (Fsp3) is 0.278. The van der Waals surface area contributed by atoms with Crippen LogP contribution in [-0.4, -0.2) is 59.6 Å². The van der Waals surface area contributed by atoms with Crippen LogP contribution in [0.4, 0.5) is 4.79 Å². The van der Waals surface area contributed by atoms with Gasteiger partial charge in [-0.15, -0.1) is 0 Å². The van der Waals surface area contributed by atoms with Crippen LogP contribution in [0.25, 0.3) is 11.1 Å². The summed E-state index contributed by atoms with van der Waals surface area (Å²) < 4.78 is 6.20. The summed E-state index contributed by atoms with van der Waals surface area (Å²) in [4.78, 5) is 27.9. The van der Waals surface area contributed by atoms with E-state index in [1.807, 2.05) is 78.9 Å². The highest BCUT2D eigenvalue weighted by Crippen LogP contribution is 2.39. The molecule has 2 bridgehead atoms. The predicted octanol–water partition coefficient (Wildman–Crippen LogP) is 6.95. The van der Waals surface area contributed by atoms with Crippen LogP contribution in [0, 0.1) is 5.92 Å². The lowest BCUT2D eigenvalue weighted by molar-refractivity contribution is -0.000811. The van der Waals surface area contributed by atoms with E-state index < -0.39 is 12.1 Å². The van der Waals surface area contributed by atoms with E-state index in [9.17, 15) is 14.7 Å². The highest BCUT2D eigenvalue weighted by Gasteiger charge is 2.43. The molecule has 4 aromatic rings. The number of benzene rings is 4. The van der Waals surface area contributed by atoms with Gasteiger partial charge in [0.15, 0.2) is 0 Å². The molecule has 4 aromatic carbocycles. The van der Waals surface area contributed by atoms with Crippen molar-refractivity contribution in [3.8, 4) is 16.9 Å². The van der Waals surface area contributed by atoms with Crippen LogP contribution in [-0.2, 0) is 6.42 Å². The molecular formula is C36H36N2O4. The molecule has 42 heavy (non-hydrogen) atoms. The van der Waals surface area contributed by atoms with E-state index in [-0.39, 0.29) is 6.04 Å². The second-order valence-electron chi connectivity index (χ2n) is 11.3. The fourth-order valence-corrected chi connectivity index (χ4v) is 6.52. The Morgan fingerprint density at radius 2 is 1.55 bits per heavy atom. The maximum Gasteiger partial charge on any atom is 0.408 e. The Labute approximate surface area is 247 Å². The van der Waals surface area contributed by atoms with E-state index >= 15 is 0 Å². The summed E-state index contributed by atoms with van der Waals surface area (Å²) in [5.41, 5.74) is 5.89. The number of nitrogens with zero attached hydrogens (tertiary/aromatic N) is 2. The molecule has 6 heteroatoms. The minimum Gasteiger partial charge on any atom is -0.493 e. The Bertz CT molecular complexity index is 1500. The quantitative estimate of drug-likeness (QED) is 0.213. The van der Waals surface area contributed by atoms with E-state index in [0.29, 0.717) is 18.1 Å². The number of hydrogen-bond donors (Lipinski definition) is 1. The van der Waals surface area contributed by atoms with Crippen LogP contribution >= 0.6 is 0 Å². The Balaban J connectivity index is 1.17. The standard InChI is InChI=1S/C36H36N2O4/c39-25-27-11-15-29(16-12-27)28-13-9-26(10-14-28)19-22-42-33-8-4-7-32(23-33)35(31-5-2-1-3-6-31)38(36(40)41)34-24-37-20-17-30(34)18-21-37/h1-16,23,25,30,34-35H,17-22,24H2,(H,40,41)/t34-,35?/m0/s1. The molecule has 2 atom stereocenters. The zero-order chi connectivity index (χ0) is 28.9. The predicted molar refractivity (Wildman–Crippen MR) is 164 cm³/mol. The van der Waals surface area contributed by atoms with Crippen molar-refractivity contribution < 1.29 is 19.4 Å². The summed E-state index contributed by atoms with van der Waals surface area (Å²) in [7, 11) is 0. The number of carbonyl (C=O) groups excluding carboxylic acids is 1. The van der Waals surface area contributed by atoms with Crippen LogP contribution in [0.1, 0.15) is 45.9 Å². The third kappa shape index (κ3) is 6.09. The summed E-state index contributed by atoms with van der Waals surface area (Å²) in [6.45, 7) is 3.42. The number of rotatable bonds is 10. The Morgan fingerprint density at radius 3 is 2.17 bits per heavy atom. The van der Waals surface area contributed by atoms with Gasteiger partial charge in [0.05, 0.1) is 18.7 Å². The maximum absolute atomic E-state index is 12.9. The molecule has 0 aliphatic carbocycles. The average molecular weight is 561 g/mol. The van der Waals surface area contributed by atoms with Gasteiger partial charge >= 0.3 is 6.09 Å². The molecular weight excluding hydrogens is 524 g/mol. The SMILES string of the molecule is O=Cc1ccc(-c2ccc(CCOc3cccc(C(c4ccccc4)N(C(=O)O)[C@H]4CN5CCC4CC5)c3)cc2)cc1. The summed E-state index contributed by atoms with van der Waals surface area (Å²) in [6, 6.07) is 33.4. The second-order valence-corrected chi connectivity index (χ2v) is 11.3. The summed E-state index contributed by atoms with van der Waals surface area (Å²) in [5.74, 6) is 1.12. The van der Waals surface area contributed by atoms with Gasteiger partial charge in [0.2, 0.25) is 0 Å². The molecule has 3 aliphatic rings. The lowest BCUT2D eigenvalue weighted by Gasteiger charge is -2.50. The highest BCUT2D eigenvalue weighted by molar-refractivity contribution is 5.77. The van der Waals surface area contributed by atoms with Gasteiger partial charge in [0.1, 0.15) is 12.0 Å². The van der Waals surface area contributed by atoms with Gasteiger partial charge in [-0.05, 0) is 71.8 Å². The molecule has 1 amide bonds. The Kier molecular flexibility index (Phi) is 8.33. The highest BCUT2D eigenvalue weighted by atomic mass is 16.5. The first-order valence-electron chi connectivity index (χ1n) is 14.7. The molecule has 0 saturated carbocycles. The molecule has 214 valence electrons. The molecule has 3 heterocycles. The van der Waals surface area contributed by atoms with Crippen molar-refractivity contribution in [1.82, 2.24) is 9.80 Å². The number of amides is 1. The number of piperidine rings is 3. The molecule has 0 spiro atoms. The first-order valence-corrected chi connectivity index (χ1v) is 14.7. The average Bonchev–Trinajstić information content (AvgIpc) is 3.05. The van der Waals surface area contributed by atoms with Gasteiger partial charge in [-0.3, -0.25) is 9.69 Å². The van der Waals surface area contributed by atoms with Crippen molar-refractivity contribution >= 4 is 12.4 Å². The van der Waals surface area contributed by atoms with Gasteiger partial charge in [0, 0.05) is 18.5 Å². The number of fused-ring (bicyclic) bond motifs is 3. The molecule has 1 unspecified atom stereocenters. The molecule has 7 rings (SSSR count). The van der Waals surface area contributed by atoms with Crippen LogP contribution in [0.15, 0.2) is 103 Å². The van der Waals surface area contributed by atoms with Crippen LogP contribution in [0.5, 0.6) is 5.75 Å². The maximum atomic E-state index is 12.9. The van der Waals surface area contributed by atoms with Gasteiger partial charge < -0.3 is 14.7 Å². The normalized spacial score (nSPS) is 20.0. The lowest BCUT2D eigenvalue weighted by atomic mass is 9.81. The van der Waals surface area contributed by atoms with E-state index in [4.69, 9.17) is 4.74 Å². The van der Waals surface area contributed by atoms with E-state index in [2.05, 4.69) is 29.2 Å². The minimum atomic E-state index is -0.878. The third-order valence-electron chi connectivity index (χ3n) is 8.76. The number of aldehydes is 1. The van der Waals surface area contributed by atoms with Crippen LogP contribution in [0.2, 0.25) is 0 Å². The number of carbonyl (C=O) groups is 2. The second kappa shape index (κ2) is 12.6. The first kappa shape index (κ1) is 27.7. The number of hydrogen-bond acceptors (Lipinski definition) is 4. The van der Waals surface area contributed by atoms with E-state index in [1.165, 1.54) is 5.56 Å². The number of carboxylic acid groups (broad SMARTS) is 1. The van der Waals surface area contributed by atoms with Crippen molar-refractivity contribution in [3.63, 3.8) is 0 Å². The van der Waals surface area contributed by atoms with E-state index in [1.54, 1.807) is 4.90 Å². The molecule has 3 aliphatic heterocycles. The molecule has 6 nitrogen and oxygen atoms in total. The molecule has 1 N–H and O–H groups in total. The monoisotopic (exact) mass is 560 g/mol. The molecule has 3 saturated heterocycles. The van der Waals surface area contributed by atoms with Crippen LogP contribution in [0.3, 0.4) is 0 Å². The van der Waals surface area contributed by atoms with Crippen molar-refractivity contribution in [2.24, 2.45) is 5.92 Å². The Morgan fingerprint density at radius 1 is 0.881 bits per heavy atom. The Hall–Kier alpha value is -4.42. The smallest absolute Gasteiger partial charge is 0.408 e. The largest absolute Gasteiger partial charge is 0.493 e. The van der Waals surface area contributed by atoms with Gasteiger partial charge in [-0.25, -0.2) is 4.79 Å². The zero-order valence-corrected chi connectivity index (χ0v) is 23.6. The van der Waals surface area contributed by atoms with Crippen molar-refractivity contribution in [1.29, 1.82) is 0 Å².